The van der Waals surface area contributed by atoms with Gasteiger partial charge >= 0.3 is 0 Å². The van der Waals surface area contributed by atoms with Crippen molar-refractivity contribution in [2.75, 3.05) is 6.54 Å². The molecule has 0 spiro atoms. The number of rotatable bonds is 5. The third-order valence-corrected chi connectivity index (χ3v) is 1.47. The van der Waals surface area contributed by atoms with Crippen molar-refractivity contribution in [1.82, 2.24) is 10.3 Å². The molecule has 3 nitrogen and oxygen atoms in total. The van der Waals surface area contributed by atoms with Gasteiger partial charge in [-0.2, -0.15) is 0 Å². The molecule has 0 aliphatic rings. The Labute approximate surface area is 71.8 Å². The zero-order valence-electron chi connectivity index (χ0n) is 6.86. The topological polar surface area (TPSA) is 42.0 Å². The van der Waals surface area contributed by atoms with Crippen molar-refractivity contribution in [3.05, 3.63) is 30.1 Å². The predicted octanol–water partition coefficient (Wildman–Crippen LogP) is 0.760. The highest BCUT2D eigenvalue weighted by Gasteiger charge is 1.90. The molecule has 12 heavy (non-hydrogen) atoms. The largest absolute Gasteiger partial charge is 0.311 e. The molecule has 3 heteroatoms. The van der Waals surface area contributed by atoms with E-state index in [4.69, 9.17) is 0 Å². The second-order valence-electron chi connectivity index (χ2n) is 2.45. The number of carbonyl (C=O) groups excluding carboxylic acids is 1. The molecule has 0 fully saturated rings. The first-order valence-electron chi connectivity index (χ1n) is 3.98. The number of hydrogen-bond acceptors (Lipinski definition) is 3. The van der Waals surface area contributed by atoms with E-state index in [1.807, 2.05) is 18.2 Å². The fraction of sp³-hybridized carbons (Fsp3) is 0.333. The van der Waals surface area contributed by atoms with Crippen LogP contribution in [-0.4, -0.2) is 17.8 Å². The number of aromatic nitrogens is 1. The quantitative estimate of drug-likeness (QED) is 0.516. The third-order valence-electron chi connectivity index (χ3n) is 1.47. The van der Waals surface area contributed by atoms with Crippen LogP contribution in [-0.2, 0) is 11.3 Å². The second-order valence-corrected chi connectivity index (χ2v) is 2.45. The zero-order valence-corrected chi connectivity index (χ0v) is 6.86. The van der Waals surface area contributed by atoms with E-state index >= 15 is 0 Å². The highest BCUT2D eigenvalue weighted by atomic mass is 16.1. The van der Waals surface area contributed by atoms with Gasteiger partial charge in [0.05, 0.1) is 5.69 Å². The molecule has 0 aromatic carbocycles. The summed E-state index contributed by atoms with van der Waals surface area (Å²) in [5.74, 6) is 0. The minimum Gasteiger partial charge on any atom is -0.311 e. The van der Waals surface area contributed by atoms with Gasteiger partial charge < -0.3 is 10.1 Å². The van der Waals surface area contributed by atoms with E-state index in [2.05, 4.69) is 10.3 Å². The van der Waals surface area contributed by atoms with Crippen molar-refractivity contribution in [2.45, 2.75) is 13.0 Å². The molecule has 0 aliphatic heterocycles. The van der Waals surface area contributed by atoms with Crippen molar-refractivity contribution in [3.63, 3.8) is 0 Å². The summed E-state index contributed by atoms with van der Waals surface area (Å²) in [5.41, 5.74) is 1.00. The SMILES string of the molecule is O=CCCNCc1ccccn1. The van der Waals surface area contributed by atoms with Crippen molar-refractivity contribution >= 4 is 6.29 Å². The summed E-state index contributed by atoms with van der Waals surface area (Å²) in [7, 11) is 0. The number of hydrogen-bond donors (Lipinski definition) is 1. The van der Waals surface area contributed by atoms with E-state index < -0.39 is 0 Å². The molecule has 64 valence electrons. The average Bonchev–Trinajstić information content (AvgIpc) is 2.14. The van der Waals surface area contributed by atoms with Gasteiger partial charge in [-0.3, -0.25) is 4.98 Å². The Hall–Kier alpha value is -1.22. The number of nitrogens with zero attached hydrogens (tertiary/aromatic N) is 1. The number of nitrogens with one attached hydrogen (secondary N) is 1. The molecular formula is C9H12N2O. The van der Waals surface area contributed by atoms with Gasteiger partial charge in [-0.05, 0) is 12.1 Å². The van der Waals surface area contributed by atoms with Crippen LogP contribution in [0, 0.1) is 0 Å². The van der Waals surface area contributed by atoms with Crippen LogP contribution < -0.4 is 5.32 Å². The zero-order chi connectivity index (χ0) is 8.65. The molecule has 0 saturated heterocycles. The first-order chi connectivity index (χ1) is 5.93. The Morgan fingerprint density at radius 3 is 3.08 bits per heavy atom. The molecule has 0 saturated carbocycles. The molecule has 0 unspecified atom stereocenters. The lowest BCUT2D eigenvalue weighted by Gasteiger charge is -2.00. The normalized spacial score (nSPS) is 9.67. The van der Waals surface area contributed by atoms with Crippen molar-refractivity contribution in [2.24, 2.45) is 0 Å². The summed E-state index contributed by atoms with van der Waals surface area (Å²) in [6.45, 7) is 1.45. The highest BCUT2D eigenvalue weighted by Crippen LogP contribution is 1.91. The van der Waals surface area contributed by atoms with Crippen LogP contribution in [0.15, 0.2) is 24.4 Å². The van der Waals surface area contributed by atoms with Crippen molar-refractivity contribution in [3.8, 4) is 0 Å². The van der Waals surface area contributed by atoms with Crippen LogP contribution >= 0.6 is 0 Å². The Kier molecular flexibility index (Phi) is 4.02. The van der Waals surface area contributed by atoms with Gasteiger partial charge in [0.2, 0.25) is 0 Å². The maximum absolute atomic E-state index is 9.96. The van der Waals surface area contributed by atoms with Crippen LogP contribution in [0.2, 0.25) is 0 Å². The average molecular weight is 164 g/mol. The van der Waals surface area contributed by atoms with Gasteiger partial charge in [0.25, 0.3) is 0 Å². The fourth-order valence-corrected chi connectivity index (χ4v) is 0.880. The molecule has 0 bridgehead atoms. The van der Waals surface area contributed by atoms with Crippen LogP contribution in [0.4, 0.5) is 0 Å². The summed E-state index contributed by atoms with van der Waals surface area (Å²) >= 11 is 0. The summed E-state index contributed by atoms with van der Waals surface area (Å²) in [5, 5.41) is 3.11. The van der Waals surface area contributed by atoms with Crippen LogP contribution in [0.1, 0.15) is 12.1 Å². The first-order valence-corrected chi connectivity index (χ1v) is 3.98. The number of pyridine rings is 1. The smallest absolute Gasteiger partial charge is 0.121 e. The molecule has 1 aromatic rings. The van der Waals surface area contributed by atoms with Gasteiger partial charge in [-0.25, -0.2) is 0 Å². The molecule has 0 amide bonds. The molecule has 1 heterocycles. The summed E-state index contributed by atoms with van der Waals surface area (Å²) in [6, 6.07) is 5.78. The Bertz CT molecular complexity index is 223. The van der Waals surface area contributed by atoms with Crippen molar-refractivity contribution < 1.29 is 4.79 Å². The molecule has 1 rings (SSSR count). The van der Waals surface area contributed by atoms with E-state index in [0.717, 1.165) is 25.1 Å². The summed E-state index contributed by atoms with van der Waals surface area (Å²) in [6.07, 6.45) is 3.23. The van der Waals surface area contributed by atoms with Gasteiger partial charge in [-0.1, -0.05) is 6.07 Å². The molecule has 0 radical (unpaired) electrons. The third kappa shape index (κ3) is 3.25. The van der Waals surface area contributed by atoms with E-state index in [1.54, 1.807) is 6.20 Å². The standard InChI is InChI=1S/C9H12N2O/c12-7-3-5-10-8-9-4-1-2-6-11-9/h1-2,4,6-7,10H,3,5,8H2. The highest BCUT2D eigenvalue weighted by molar-refractivity contribution is 5.49. The predicted molar refractivity (Wildman–Crippen MR) is 46.6 cm³/mol. The van der Waals surface area contributed by atoms with E-state index in [-0.39, 0.29) is 0 Å². The van der Waals surface area contributed by atoms with Gasteiger partial charge in [0.15, 0.2) is 0 Å². The van der Waals surface area contributed by atoms with Gasteiger partial charge in [0, 0.05) is 25.7 Å². The van der Waals surface area contributed by atoms with E-state index in [1.165, 1.54) is 0 Å². The second kappa shape index (κ2) is 5.43. The number of carbonyl (C=O) groups is 1. The van der Waals surface area contributed by atoms with Crippen LogP contribution in [0.5, 0.6) is 0 Å². The van der Waals surface area contributed by atoms with Crippen molar-refractivity contribution in [1.29, 1.82) is 0 Å². The summed E-state index contributed by atoms with van der Waals surface area (Å²) in [4.78, 5) is 14.1. The summed E-state index contributed by atoms with van der Waals surface area (Å²) < 4.78 is 0. The first kappa shape index (κ1) is 8.87. The van der Waals surface area contributed by atoms with Crippen LogP contribution in [0.3, 0.4) is 0 Å². The van der Waals surface area contributed by atoms with Gasteiger partial charge in [0.1, 0.15) is 6.29 Å². The molecule has 1 N–H and O–H groups in total. The minimum atomic E-state index is 0.562. The van der Waals surface area contributed by atoms with E-state index in [9.17, 15) is 4.79 Å². The Morgan fingerprint density at radius 1 is 1.50 bits per heavy atom. The molecular weight excluding hydrogens is 152 g/mol. The van der Waals surface area contributed by atoms with E-state index in [0.29, 0.717) is 6.42 Å². The monoisotopic (exact) mass is 164 g/mol. The fourth-order valence-electron chi connectivity index (χ4n) is 0.880. The maximum atomic E-state index is 9.96. The lowest BCUT2D eigenvalue weighted by molar-refractivity contribution is -0.107. The lowest BCUT2D eigenvalue weighted by Crippen LogP contribution is -2.15. The minimum absolute atomic E-state index is 0.562. The Morgan fingerprint density at radius 2 is 2.42 bits per heavy atom. The van der Waals surface area contributed by atoms with Gasteiger partial charge in [-0.15, -0.1) is 0 Å². The maximum Gasteiger partial charge on any atom is 0.121 e. The Balaban J connectivity index is 2.20. The number of aldehydes is 1. The molecule has 0 aliphatic carbocycles. The molecule has 0 atom stereocenters. The molecule has 1 aromatic heterocycles. The van der Waals surface area contributed by atoms with Crippen LogP contribution in [0.25, 0.3) is 0 Å². The lowest BCUT2D eigenvalue weighted by atomic mass is 10.3.